The fourth-order valence-corrected chi connectivity index (χ4v) is 3.70. The zero-order chi connectivity index (χ0) is 19.6. The Morgan fingerprint density at radius 3 is 2.44 bits per heavy atom. The van der Waals surface area contributed by atoms with Gasteiger partial charge in [-0.15, -0.1) is 0 Å². The van der Waals surface area contributed by atoms with Crippen LogP contribution >= 0.6 is 11.8 Å². The van der Waals surface area contributed by atoms with Crippen LogP contribution in [0, 0.1) is 0 Å². The van der Waals surface area contributed by atoms with Gasteiger partial charge < -0.3 is 5.73 Å². The van der Waals surface area contributed by atoms with Crippen molar-refractivity contribution < 1.29 is 4.79 Å². The van der Waals surface area contributed by atoms with E-state index in [1.54, 1.807) is 23.6 Å². The number of thioether (sulfide) groups is 1. The van der Waals surface area contributed by atoms with Crippen LogP contribution in [0.15, 0.2) is 58.5 Å². The molecule has 0 aliphatic rings. The zero-order valence-corrected chi connectivity index (χ0v) is 16.5. The highest BCUT2D eigenvalue weighted by atomic mass is 32.2. The Kier molecular flexibility index (Phi) is 5.65. The van der Waals surface area contributed by atoms with Crippen LogP contribution in [0.1, 0.15) is 38.7 Å². The number of nitrogens with two attached hydrogens (primary N) is 1. The molecule has 0 unspecified atom stereocenters. The van der Waals surface area contributed by atoms with E-state index < -0.39 is 11.2 Å². The molecule has 0 saturated carbocycles. The van der Waals surface area contributed by atoms with E-state index in [4.69, 9.17) is 5.73 Å². The molecule has 5 nitrogen and oxygen atoms in total. The summed E-state index contributed by atoms with van der Waals surface area (Å²) in [6.07, 6.45) is 1.05. The van der Waals surface area contributed by atoms with Gasteiger partial charge in [-0.25, -0.2) is 4.98 Å². The van der Waals surface area contributed by atoms with E-state index in [9.17, 15) is 9.59 Å². The molecule has 1 heterocycles. The molecule has 0 bridgehead atoms. The Morgan fingerprint density at radius 1 is 1.15 bits per heavy atom. The molecule has 0 aliphatic carbocycles. The van der Waals surface area contributed by atoms with Gasteiger partial charge in [0, 0.05) is 0 Å². The van der Waals surface area contributed by atoms with Crippen molar-refractivity contribution in [2.24, 2.45) is 5.73 Å². The number of benzene rings is 2. The van der Waals surface area contributed by atoms with Crippen LogP contribution in [0.5, 0.6) is 0 Å². The summed E-state index contributed by atoms with van der Waals surface area (Å²) in [5, 5.41) is 0.504. The van der Waals surface area contributed by atoms with Crippen LogP contribution in [0.25, 0.3) is 16.6 Å². The van der Waals surface area contributed by atoms with Gasteiger partial charge in [-0.1, -0.05) is 49.9 Å². The molecule has 0 radical (unpaired) electrons. The van der Waals surface area contributed by atoms with E-state index in [1.165, 1.54) is 17.3 Å². The summed E-state index contributed by atoms with van der Waals surface area (Å²) in [5.74, 6) is 0.00954. The third kappa shape index (κ3) is 3.90. The Bertz CT molecular complexity index is 1030. The smallest absolute Gasteiger partial charge is 0.266 e. The number of carbonyl (C=O) groups is 1. The Hall–Kier alpha value is -2.60. The molecular weight excluding hydrogens is 358 g/mol. The molecular formula is C21H23N3O2S. The second kappa shape index (κ2) is 7.96. The summed E-state index contributed by atoms with van der Waals surface area (Å²) in [6, 6.07) is 15.2. The molecule has 2 N–H and O–H groups in total. The normalized spacial score (nSPS) is 13.4. The highest BCUT2D eigenvalue weighted by molar-refractivity contribution is 8.00. The lowest BCUT2D eigenvalue weighted by atomic mass is 9.98. The minimum Gasteiger partial charge on any atom is -0.369 e. The SMILES string of the molecule is CC[C@H](C)c1ccc(-n2c(S[C@H](C)C(N)=O)nc3ccccc3c2=O)cc1. The molecule has 140 valence electrons. The van der Waals surface area contributed by atoms with Crippen LogP contribution in [-0.4, -0.2) is 20.7 Å². The van der Waals surface area contributed by atoms with E-state index >= 15 is 0 Å². The molecule has 3 aromatic rings. The summed E-state index contributed by atoms with van der Waals surface area (Å²) >= 11 is 1.19. The lowest BCUT2D eigenvalue weighted by Crippen LogP contribution is -2.26. The van der Waals surface area contributed by atoms with Crippen molar-refractivity contribution in [3.8, 4) is 5.69 Å². The van der Waals surface area contributed by atoms with Crippen LogP contribution in [0.3, 0.4) is 0 Å². The van der Waals surface area contributed by atoms with E-state index in [1.807, 2.05) is 36.4 Å². The lowest BCUT2D eigenvalue weighted by Gasteiger charge is -2.16. The quantitative estimate of drug-likeness (QED) is 0.519. The molecule has 0 fully saturated rings. The van der Waals surface area contributed by atoms with Gasteiger partial charge in [0.2, 0.25) is 5.91 Å². The van der Waals surface area contributed by atoms with Gasteiger partial charge in [0.05, 0.1) is 21.8 Å². The third-order valence-corrected chi connectivity index (χ3v) is 5.83. The number of rotatable bonds is 6. The first-order chi connectivity index (χ1) is 12.9. The van der Waals surface area contributed by atoms with Gasteiger partial charge in [0.25, 0.3) is 5.56 Å². The number of carbonyl (C=O) groups excluding carboxylic acids is 1. The number of amides is 1. The number of para-hydroxylation sites is 1. The van der Waals surface area contributed by atoms with E-state index in [-0.39, 0.29) is 5.56 Å². The number of aromatic nitrogens is 2. The number of fused-ring (bicyclic) bond motifs is 1. The average molecular weight is 382 g/mol. The zero-order valence-electron chi connectivity index (χ0n) is 15.7. The predicted molar refractivity (Wildman–Crippen MR) is 111 cm³/mol. The van der Waals surface area contributed by atoms with Crippen LogP contribution < -0.4 is 11.3 Å². The molecule has 27 heavy (non-hydrogen) atoms. The number of hydrogen-bond acceptors (Lipinski definition) is 4. The topological polar surface area (TPSA) is 78.0 Å². The molecule has 2 atom stereocenters. The van der Waals surface area contributed by atoms with Gasteiger partial charge in [0.1, 0.15) is 0 Å². The molecule has 2 aromatic carbocycles. The van der Waals surface area contributed by atoms with Gasteiger partial charge in [0.15, 0.2) is 5.16 Å². The first-order valence-corrected chi connectivity index (χ1v) is 9.88. The Balaban J connectivity index is 2.18. The largest absolute Gasteiger partial charge is 0.369 e. The number of primary amides is 1. The number of nitrogens with zero attached hydrogens (tertiary/aromatic N) is 2. The Labute approximate surface area is 162 Å². The van der Waals surface area contributed by atoms with Crippen molar-refractivity contribution in [1.29, 1.82) is 0 Å². The van der Waals surface area contributed by atoms with Gasteiger partial charge >= 0.3 is 0 Å². The summed E-state index contributed by atoms with van der Waals surface area (Å²) in [7, 11) is 0. The molecule has 1 amide bonds. The first kappa shape index (κ1) is 19.2. The maximum atomic E-state index is 13.2. The van der Waals surface area contributed by atoms with Crippen LogP contribution in [0.2, 0.25) is 0 Å². The van der Waals surface area contributed by atoms with Crippen molar-refractivity contribution in [1.82, 2.24) is 9.55 Å². The monoisotopic (exact) mass is 381 g/mol. The van der Waals surface area contributed by atoms with Gasteiger partial charge in [-0.3, -0.25) is 14.2 Å². The predicted octanol–water partition coefficient (Wildman–Crippen LogP) is 3.87. The molecule has 6 heteroatoms. The van der Waals surface area contributed by atoms with Crippen LogP contribution in [-0.2, 0) is 4.79 Å². The fraction of sp³-hybridized carbons (Fsp3) is 0.286. The maximum absolute atomic E-state index is 13.2. The van der Waals surface area contributed by atoms with Crippen molar-refractivity contribution in [3.05, 3.63) is 64.4 Å². The van der Waals surface area contributed by atoms with Crippen LogP contribution in [0.4, 0.5) is 0 Å². The van der Waals surface area contributed by atoms with E-state index in [2.05, 4.69) is 18.8 Å². The van der Waals surface area contributed by atoms with E-state index in [0.717, 1.165) is 12.1 Å². The standard InChI is InChI=1S/C21H23N3O2S/c1-4-13(2)15-9-11-16(12-10-15)24-20(26)17-7-5-6-8-18(17)23-21(24)27-14(3)19(22)25/h5-14H,4H2,1-3H3,(H2,22,25)/t13-,14+/m0/s1. The van der Waals surface area contributed by atoms with Gasteiger partial charge in [-0.2, -0.15) is 0 Å². The highest BCUT2D eigenvalue weighted by Crippen LogP contribution is 2.26. The van der Waals surface area contributed by atoms with Crippen molar-refractivity contribution in [3.63, 3.8) is 0 Å². The summed E-state index contributed by atoms with van der Waals surface area (Å²) in [4.78, 5) is 29.3. The highest BCUT2D eigenvalue weighted by Gasteiger charge is 2.18. The first-order valence-electron chi connectivity index (χ1n) is 9.00. The Morgan fingerprint density at radius 2 is 1.81 bits per heavy atom. The van der Waals surface area contributed by atoms with Gasteiger partial charge in [-0.05, 0) is 49.1 Å². The number of hydrogen-bond donors (Lipinski definition) is 1. The molecule has 1 aromatic heterocycles. The van der Waals surface area contributed by atoms with E-state index in [0.29, 0.717) is 22.0 Å². The second-order valence-electron chi connectivity index (χ2n) is 6.62. The minimum atomic E-state index is -0.497. The molecule has 0 aliphatic heterocycles. The van der Waals surface area contributed by atoms with Crippen molar-refractivity contribution in [2.45, 2.75) is 43.5 Å². The molecule has 0 saturated heterocycles. The van der Waals surface area contributed by atoms with Crippen molar-refractivity contribution >= 4 is 28.6 Å². The molecule has 3 rings (SSSR count). The average Bonchev–Trinajstić information content (AvgIpc) is 2.68. The summed E-state index contributed by atoms with van der Waals surface area (Å²) in [6.45, 7) is 6.04. The molecule has 0 spiro atoms. The maximum Gasteiger partial charge on any atom is 0.266 e. The summed E-state index contributed by atoms with van der Waals surface area (Å²) < 4.78 is 1.56. The second-order valence-corrected chi connectivity index (χ2v) is 7.92. The minimum absolute atomic E-state index is 0.156. The third-order valence-electron chi connectivity index (χ3n) is 4.76. The lowest BCUT2D eigenvalue weighted by molar-refractivity contribution is -0.117. The van der Waals surface area contributed by atoms with Crippen molar-refractivity contribution in [2.75, 3.05) is 0 Å². The summed E-state index contributed by atoms with van der Waals surface area (Å²) in [5.41, 5.74) is 7.82. The fourth-order valence-electron chi connectivity index (χ4n) is 2.82.